The lowest BCUT2D eigenvalue weighted by Gasteiger charge is -2.36. The van der Waals surface area contributed by atoms with E-state index in [2.05, 4.69) is 11.6 Å². The molecule has 0 bridgehead atoms. The Morgan fingerprint density at radius 1 is 1.20 bits per heavy atom. The minimum absolute atomic E-state index is 0.140. The topological polar surface area (TPSA) is 51.1 Å². The molecule has 5 nitrogen and oxygen atoms in total. The van der Waals surface area contributed by atoms with Crippen LogP contribution in [0.3, 0.4) is 0 Å². The van der Waals surface area contributed by atoms with Crippen molar-refractivity contribution >= 4 is 22.9 Å². The van der Waals surface area contributed by atoms with Crippen LogP contribution in [-0.2, 0) is 9.47 Å². The normalized spacial score (nSPS) is 27.2. The van der Waals surface area contributed by atoms with Gasteiger partial charge in [-0.1, -0.05) is 18.3 Å². The fraction of sp³-hybridized carbons (Fsp3) is 0.667. The number of carbonyl (C=O) groups excluding carboxylic acids is 1. The van der Waals surface area contributed by atoms with Crippen molar-refractivity contribution in [3.8, 4) is 0 Å². The van der Waals surface area contributed by atoms with Gasteiger partial charge in [-0.2, -0.15) is 0 Å². The second-order valence-electron chi connectivity index (χ2n) is 9.51. The van der Waals surface area contributed by atoms with Gasteiger partial charge in [0, 0.05) is 20.1 Å². The number of thioether (sulfide) groups is 1. The average Bonchev–Trinajstić information content (AvgIpc) is 3.25. The summed E-state index contributed by atoms with van der Waals surface area (Å²) < 4.78 is 12.1. The van der Waals surface area contributed by atoms with Gasteiger partial charge in [0.2, 0.25) is 0 Å². The van der Waals surface area contributed by atoms with Crippen LogP contribution in [0.1, 0.15) is 72.6 Å². The minimum Gasteiger partial charge on any atom is -0.489 e. The van der Waals surface area contributed by atoms with Gasteiger partial charge in [-0.3, -0.25) is 4.99 Å². The first-order valence-electron chi connectivity index (χ1n) is 11.0. The zero-order valence-corrected chi connectivity index (χ0v) is 20.2. The first-order chi connectivity index (χ1) is 14.1. The van der Waals surface area contributed by atoms with Gasteiger partial charge in [-0.25, -0.2) is 4.79 Å². The monoisotopic (exact) mass is 432 g/mol. The minimum atomic E-state index is -0.472. The summed E-state index contributed by atoms with van der Waals surface area (Å²) in [5, 5.41) is 1.07. The van der Waals surface area contributed by atoms with Gasteiger partial charge in [0.25, 0.3) is 0 Å². The molecule has 1 amide bonds. The Morgan fingerprint density at radius 3 is 2.43 bits per heavy atom. The molecule has 1 fully saturated rings. The molecule has 6 heteroatoms. The van der Waals surface area contributed by atoms with Crippen LogP contribution in [0.15, 0.2) is 39.0 Å². The van der Waals surface area contributed by atoms with Gasteiger partial charge in [-0.05, 0) is 88.7 Å². The van der Waals surface area contributed by atoms with E-state index in [9.17, 15) is 4.79 Å². The van der Waals surface area contributed by atoms with Crippen molar-refractivity contribution in [1.82, 2.24) is 4.90 Å². The third-order valence-electron chi connectivity index (χ3n) is 5.88. The third kappa shape index (κ3) is 5.13. The van der Waals surface area contributed by atoms with Crippen LogP contribution in [0.4, 0.5) is 4.79 Å². The van der Waals surface area contributed by atoms with Crippen LogP contribution in [0, 0.1) is 0 Å². The van der Waals surface area contributed by atoms with Crippen LogP contribution < -0.4 is 0 Å². The van der Waals surface area contributed by atoms with E-state index in [1.807, 2.05) is 41.8 Å². The van der Waals surface area contributed by atoms with E-state index >= 15 is 0 Å². The van der Waals surface area contributed by atoms with Crippen molar-refractivity contribution in [3.05, 3.63) is 34.0 Å². The van der Waals surface area contributed by atoms with Crippen molar-refractivity contribution < 1.29 is 14.3 Å². The highest BCUT2D eigenvalue weighted by Gasteiger charge is 2.35. The van der Waals surface area contributed by atoms with Gasteiger partial charge in [0.1, 0.15) is 16.4 Å². The SMILES string of the molecule is C=C(C)C(OC1CCC(N(C)C(=O)OC(C)(C)C)CC1)=C1C(=NC)SC2=C1CCC2. The Hall–Kier alpha value is -1.69. The maximum absolute atomic E-state index is 12.4. The summed E-state index contributed by atoms with van der Waals surface area (Å²) in [5.41, 5.74) is 3.08. The largest absolute Gasteiger partial charge is 0.489 e. The molecule has 166 valence electrons. The van der Waals surface area contributed by atoms with Crippen LogP contribution in [0.5, 0.6) is 0 Å². The highest BCUT2D eigenvalue weighted by Crippen LogP contribution is 2.49. The number of ether oxygens (including phenoxy) is 2. The molecule has 1 aliphatic heterocycles. The Morgan fingerprint density at radius 2 is 1.87 bits per heavy atom. The van der Waals surface area contributed by atoms with Crippen LogP contribution in [0.25, 0.3) is 0 Å². The Kier molecular flexibility index (Phi) is 7.05. The van der Waals surface area contributed by atoms with Crippen molar-refractivity contribution in [1.29, 1.82) is 0 Å². The number of nitrogens with zero attached hydrogens (tertiary/aromatic N) is 2. The number of hydrogen-bond donors (Lipinski definition) is 0. The molecule has 3 aliphatic rings. The zero-order valence-electron chi connectivity index (χ0n) is 19.3. The predicted molar refractivity (Wildman–Crippen MR) is 125 cm³/mol. The molecule has 0 unspecified atom stereocenters. The van der Waals surface area contributed by atoms with Gasteiger partial charge >= 0.3 is 6.09 Å². The average molecular weight is 433 g/mol. The molecule has 2 aliphatic carbocycles. The van der Waals surface area contributed by atoms with E-state index in [4.69, 9.17) is 9.47 Å². The second kappa shape index (κ2) is 9.21. The van der Waals surface area contributed by atoms with Gasteiger partial charge in [0.05, 0.1) is 11.7 Å². The second-order valence-corrected chi connectivity index (χ2v) is 10.6. The molecule has 1 saturated carbocycles. The summed E-state index contributed by atoms with van der Waals surface area (Å²) in [5.74, 6) is 0.916. The summed E-state index contributed by atoms with van der Waals surface area (Å²) in [7, 11) is 3.70. The molecule has 0 atom stereocenters. The Balaban J connectivity index is 1.67. The maximum Gasteiger partial charge on any atom is 0.410 e. The van der Waals surface area contributed by atoms with Crippen LogP contribution >= 0.6 is 11.8 Å². The molecular weight excluding hydrogens is 396 g/mol. The van der Waals surface area contributed by atoms with Gasteiger partial charge in [-0.15, -0.1) is 0 Å². The smallest absolute Gasteiger partial charge is 0.410 e. The van der Waals surface area contributed by atoms with Crippen molar-refractivity contribution in [2.75, 3.05) is 14.1 Å². The molecule has 0 saturated heterocycles. The number of hydrogen-bond acceptors (Lipinski definition) is 5. The van der Waals surface area contributed by atoms with Crippen LogP contribution in [-0.4, -0.2) is 47.9 Å². The Bertz CT molecular complexity index is 796. The standard InChI is InChI=1S/C24H36N2O3S/c1-15(2)21(20-18-9-8-10-19(18)30-22(20)25-6)28-17-13-11-16(12-14-17)26(7)23(27)29-24(3,4)5/h16-17H,1,8-14H2,2-7H3. The lowest BCUT2D eigenvalue weighted by Crippen LogP contribution is -2.43. The number of aliphatic imine (C=N–C) groups is 1. The van der Waals surface area contributed by atoms with E-state index < -0.39 is 5.60 Å². The maximum atomic E-state index is 12.4. The highest BCUT2D eigenvalue weighted by molar-refractivity contribution is 8.18. The molecule has 3 rings (SSSR count). The fourth-order valence-corrected chi connectivity index (χ4v) is 5.57. The van der Waals surface area contributed by atoms with Crippen LogP contribution in [0.2, 0.25) is 0 Å². The predicted octanol–water partition coefficient (Wildman–Crippen LogP) is 6.22. The number of rotatable bonds is 4. The molecule has 0 radical (unpaired) electrons. The van der Waals surface area contributed by atoms with E-state index in [1.165, 1.54) is 22.5 Å². The van der Waals surface area contributed by atoms with Crippen molar-refractivity contribution in [2.24, 2.45) is 4.99 Å². The molecule has 1 heterocycles. The summed E-state index contributed by atoms with van der Waals surface area (Å²) >= 11 is 1.80. The molecule has 0 aromatic heterocycles. The first kappa shape index (κ1) is 23.0. The lowest BCUT2D eigenvalue weighted by molar-refractivity contribution is 0.00902. The molecule has 0 aromatic rings. The number of carbonyl (C=O) groups is 1. The van der Waals surface area contributed by atoms with Gasteiger partial charge < -0.3 is 14.4 Å². The van der Waals surface area contributed by atoms with E-state index in [-0.39, 0.29) is 18.2 Å². The third-order valence-corrected chi connectivity index (χ3v) is 7.15. The lowest BCUT2D eigenvalue weighted by atomic mass is 9.92. The van der Waals surface area contributed by atoms with E-state index in [0.717, 1.165) is 54.9 Å². The number of allylic oxidation sites excluding steroid dienone is 3. The summed E-state index contributed by atoms with van der Waals surface area (Å²) in [6, 6.07) is 0.194. The molecule has 0 aromatic carbocycles. The van der Waals surface area contributed by atoms with E-state index in [0.29, 0.717) is 0 Å². The summed E-state index contributed by atoms with van der Waals surface area (Å²) in [6.45, 7) is 11.9. The number of amides is 1. The van der Waals surface area contributed by atoms with Crippen molar-refractivity contribution in [2.45, 2.75) is 90.4 Å². The van der Waals surface area contributed by atoms with Gasteiger partial charge in [0.15, 0.2) is 0 Å². The fourth-order valence-electron chi connectivity index (χ4n) is 4.35. The molecule has 0 spiro atoms. The summed E-state index contributed by atoms with van der Waals surface area (Å²) in [6.07, 6.45) is 7.01. The highest BCUT2D eigenvalue weighted by atomic mass is 32.2. The first-order valence-corrected chi connectivity index (χ1v) is 11.8. The zero-order chi connectivity index (χ0) is 22.1. The molecule has 30 heavy (non-hydrogen) atoms. The molecule has 0 N–H and O–H groups in total. The van der Waals surface area contributed by atoms with E-state index in [1.54, 1.807) is 16.7 Å². The Labute approximate surface area is 185 Å². The van der Waals surface area contributed by atoms with Crippen molar-refractivity contribution in [3.63, 3.8) is 0 Å². The summed E-state index contributed by atoms with van der Waals surface area (Å²) in [4.78, 5) is 20.1. The molecular formula is C24H36N2O3S. The quantitative estimate of drug-likeness (QED) is 0.495.